The zero-order chi connectivity index (χ0) is 24.9. The van der Waals surface area contributed by atoms with E-state index in [0.717, 1.165) is 41.8 Å². The molecule has 3 aromatic carbocycles. The number of nitrogens with zero attached hydrogens (tertiary/aromatic N) is 2. The van der Waals surface area contributed by atoms with Crippen molar-refractivity contribution in [2.75, 3.05) is 13.7 Å². The summed E-state index contributed by atoms with van der Waals surface area (Å²) < 4.78 is 19.1. The Morgan fingerprint density at radius 2 is 1.86 bits per heavy atom. The molecule has 36 heavy (non-hydrogen) atoms. The second-order valence-electron chi connectivity index (χ2n) is 9.11. The molecule has 1 saturated heterocycles. The van der Waals surface area contributed by atoms with Crippen LogP contribution in [0, 0.1) is 5.82 Å². The van der Waals surface area contributed by atoms with Gasteiger partial charge in [0.2, 0.25) is 0 Å². The Hall–Kier alpha value is -3.75. The van der Waals surface area contributed by atoms with Gasteiger partial charge in [-0.3, -0.25) is 9.88 Å². The first-order valence-electron chi connectivity index (χ1n) is 12.2. The number of halogens is 1. The van der Waals surface area contributed by atoms with Crippen LogP contribution in [0.15, 0.2) is 77.6 Å². The minimum absolute atomic E-state index is 0.117. The van der Waals surface area contributed by atoms with Crippen LogP contribution in [0.5, 0.6) is 5.75 Å². The first-order valence-corrected chi connectivity index (χ1v) is 12.2. The van der Waals surface area contributed by atoms with Gasteiger partial charge in [0.15, 0.2) is 0 Å². The molecule has 1 aromatic heterocycles. The fourth-order valence-corrected chi connectivity index (χ4v) is 5.10. The number of H-pyrrole nitrogens is 2. The highest BCUT2D eigenvalue weighted by Crippen LogP contribution is 2.33. The van der Waals surface area contributed by atoms with Crippen molar-refractivity contribution in [1.82, 2.24) is 25.4 Å². The van der Waals surface area contributed by atoms with E-state index in [9.17, 15) is 9.18 Å². The molecule has 2 atom stereocenters. The minimum Gasteiger partial charge on any atom is -0.496 e. The van der Waals surface area contributed by atoms with Crippen LogP contribution in [-0.2, 0) is 13.1 Å². The van der Waals surface area contributed by atoms with Crippen molar-refractivity contribution in [2.24, 2.45) is 0 Å². The Balaban J connectivity index is 1.39. The van der Waals surface area contributed by atoms with Gasteiger partial charge in [-0.25, -0.2) is 14.3 Å². The van der Waals surface area contributed by atoms with Gasteiger partial charge < -0.3 is 10.1 Å². The molecule has 0 amide bonds. The molecule has 0 aliphatic carbocycles. The second-order valence-corrected chi connectivity index (χ2v) is 9.11. The summed E-state index contributed by atoms with van der Waals surface area (Å²) in [6.07, 6.45) is 2.05. The number of hydrogen-bond donors (Lipinski definition) is 3. The van der Waals surface area contributed by atoms with Crippen LogP contribution in [0.4, 0.5) is 4.39 Å². The number of likely N-dealkylation sites (tertiary alicyclic amines) is 1. The number of nitrogens with one attached hydrogen (secondary N) is 3. The maximum Gasteiger partial charge on any atom is 0.340 e. The molecule has 3 N–H and O–H groups in total. The maximum atomic E-state index is 13.4. The van der Waals surface area contributed by atoms with Gasteiger partial charge in [0.25, 0.3) is 0 Å². The lowest BCUT2D eigenvalue weighted by Crippen LogP contribution is -2.47. The van der Waals surface area contributed by atoms with Crippen LogP contribution < -0.4 is 15.7 Å². The maximum absolute atomic E-state index is 13.4. The summed E-state index contributed by atoms with van der Waals surface area (Å²) in [7, 11) is 1.68. The van der Waals surface area contributed by atoms with Crippen molar-refractivity contribution >= 4 is 0 Å². The van der Waals surface area contributed by atoms with E-state index in [1.54, 1.807) is 19.2 Å². The minimum atomic E-state index is -0.291. The molecule has 4 aromatic rings. The molecular weight excluding hydrogens is 457 g/mol. The molecule has 1 fully saturated rings. The predicted octanol–water partition coefficient (Wildman–Crippen LogP) is 4.41. The van der Waals surface area contributed by atoms with Gasteiger partial charge in [-0.1, -0.05) is 48.5 Å². The number of aromatic nitrogens is 3. The summed E-state index contributed by atoms with van der Waals surface area (Å²) in [6, 6.07) is 23.4. The van der Waals surface area contributed by atoms with Crippen LogP contribution in [-0.4, -0.2) is 39.8 Å². The molecule has 0 saturated carbocycles. The third-order valence-electron chi connectivity index (χ3n) is 6.79. The van der Waals surface area contributed by atoms with Crippen molar-refractivity contribution in [1.29, 1.82) is 0 Å². The van der Waals surface area contributed by atoms with Crippen LogP contribution in [0.3, 0.4) is 0 Å². The van der Waals surface area contributed by atoms with Gasteiger partial charge in [-0.2, -0.15) is 5.10 Å². The Labute approximate surface area is 209 Å². The zero-order valence-corrected chi connectivity index (χ0v) is 20.2. The van der Waals surface area contributed by atoms with Crippen molar-refractivity contribution < 1.29 is 9.13 Å². The van der Waals surface area contributed by atoms with E-state index >= 15 is 0 Å². The van der Waals surface area contributed by atoms with E-state index in [2.05, 4.69) is 55.7 Å². The highest BCUT2D eigenvalue weighted by atomic mass is 19.1. The number of piperidine rings is 1. The molecule has 1 aliphatic heterocycles. The molecular formula is C28H30FN5O2. The Bertz CT molecular complexity index is 1340. The number of aromatic amines is 2. The van der Waals surface area contributed by atoms with E-state index in [1.807, 2.05) is 18.2 Å². The van der Waals surface area contributed by atoms with Crippen LogP contribution in [0.2, 0.25) is 0 Å². The summed E-state index contributed by atoms with van der Waals surface area (Å²) in [4.78, 5) is 16.7. The highest BCUT2D eigenvalue weighted by molar-refractivity contribution is 5.65. The lowest BCUT2D eigenvalue weighted by molar-refractivity contribution is 0.100. The summed E-state index contributed by atoms with van der Waals surface area (Å²) in [5.74, 6) is 1.20. The van der Waals surface area contributed by atoms with E-state index in [4.69, 9.17) is 4.74 Å². The molecule has 186 valence electrons. The predicted molar refractivity (Wildman–Crippen MR) is 137 cm³/mol. The number of ether oxygens (including phenoxy) is 1. The normalized spacial score (nSPS) is 18.3. The third kappa shape index (κ3) is 5.40. The average molecular weight is 488 g/mol. The topological polar surface area (TPSA) is 86.0 Å². The molecule has 2 heterocycles. The zero-order valence-electron chi connectivity index (χ0n) is 20.2. The van der Waals surface area contributed by atoms with Crippen molar-refractivity contribution in [3.63, 3.8) is 0 Å². The molecule has 2 unspecified atom stereocenters. The fraction of sp³-hybridized carbons (Fsp3) is 0.286. The van der Waals surface area contributed by atoms with Gasteiger partial charge in [-0.15, -0.1) is 0 Å². The average Bonchev–Trinajstić information content (AvgIpc) is 3.32. The number of benzene rings is 3. The quantitative estimate of drug-likeness (QED) is 0.343. The molecule has 5 rings (SSSR count). The van der Waals surface area contributed by atoms with Gasteiger partial charge >= 0.3 is 5.69 Å². The Kier molecular flexibility index (Phi) is 7.25. The summed E-state index contributed by atoms with van der Waals surface area (Å²) in [6.45, 7) is 2.09. The van der Waals surface area contributed by atoms with Crippen molar-refractivity contribution in [2.45, 2.75) is 38.0 Å². The first-order chi connectivity index (χ1) is 17.6. The van der Waals surface area contributed by atoms with Gasteiger partial charge in [0.1, 0.15) is 17.4 Å². The lowest BCUT2D eigenvalue weighted by Gasteiger charge is -2.42. The smallest absolute Gasteiger partial charge is 0.340 e. The van der Waals surface area contributed by atoms with Gasteiger partial charge in [-0.05, 0) is 60.3 Å². The second kappa shape index (κ2) is 10.9. The van der Waals surface area contributed by atoms with Crippen LogP contribution >= 0.6 is 0 Å². The standard InChI is InChI=1S/C28H30FN5O2/c1-36-25-14-11-21(19-9-12-23(29)13-10-19)16-22(25)17-30-24-8-5-15-34(18-26-31-28(35)33-32-26)27(24)20-6-3-2-4-7-20/h2-4,6-7,9-14,16,24,27,30H,5,8,15,17-18H2,1H3,(H2,31,32,33,35). The van der Waals surface area contributed by atoms with Gasteiger partial charge in [0, 0.05) is 18.2 Å². The molecule has 7 nitrogen and oxygen atoms in total. The summed E-state index contributed by atoms with van der Waals surface area (Å²) in [5, 5.41) is 10.4. The van der Waals surface area contributed by atoms with Gasteiger partial charge in [0.05, 0.1) is 19.7 Å². The molecule has 0 bridgehead atoms. The van der Waals surface area contributed by atoms with Crippen LogP contribution in [0.25, 0.3) is 11.1 Å². The third-order valence-corrected chi connectivity index (χ3v) is 6.79. The molecule has 8 heteroatoms. The lowest BCUT2D eigenvalue weighted by atomic mass is 9.90. The van der Waals surface area contributed by atoms with Crippen molar-refractivity contribution in [3.05, 3.63) is 106 Å². The van der Waals surface area contributed by atoms with E-state index in [0.29, 0.717) is 18.9 Å². The largest absolute Gasteiger partial charge is 0.496 e. The fourth-order valence-electron chi connectivity index (χ4n) is 5.10. The molecule has 1 aliphatic rings. The van der Waals surface area contributed by atoms with E-state index in [-0.39, 0.29) is 23.6 Å². The first kappa shape index (κ1) is 24.0. The number of hydrogen-bond acceptors (Lipinski definition) is 5. The SMILES string of the molecule is COc1ccc(-c2ccc(F)cc2)cc1CNC1CCCN(Cc2n[nH]c(=O)[nH]2)C1c1ccccc1. The van der Waals surface area contributed by atoms with Crippen LogP contribution in [0.1, 0.15) is 35.8 Å². The monoisotopic (exact) mass is 487 g/mol. The van der Waals surface area contributed by atoms with E-state index in [1.165, 1.54) is 17.7 Å². The molecule has 0 spiro atoms. The Morgan fingerprint density at radius 1 is 1.08 bits per heavy atom. The van der Waals surface area contributed by atoms with Crippen molar-refractivity contribution in [3.8, 4) is 16.9 Å². The van der Waals surface area contributed by atoms with E-state index < -0.39 is 0 Å². The summed E-state index contributed by atoms with van der Waals surface area (Å²) in [5.41, 5.74) is 3.94. The number of methoxy groups -OCH3 is 1. The molecule has 0 radical (unpaired) electrons. The number of rotatable bonds is 8. The highest BCUT2D eigenvalue weighted by Gasteiger charge is 2.33. The summed E-state index contributed by atoms with van der Waals surface area (Å²) >= 11 is 0. The Morgan fingerprint density at radius 3 is 2.58 bits per heavy atom.